The number of rotatable bonds is 5. The molecule has 0 bridgehead atoms. The van der Waals surface area contributed by atoms with E-state index in [0.717, 1.165) is 0 Å². The van der Waals surface area contributed by atoms with E-state index in [1.807, 2.05) is 0 Å². The fourth-order valence-electron chi connectivity index (χ4n) is 1.76. The maximum Gasteiger partial charge on any atom is 0.339 e. The van der Waals surface area contributed by atoms with Crippen LogP contribution in [-0.2, 0) is 6.61 Å². The summed E-state index contributed by atoms with van der Waals surface area (Å²) in [5.41, 5.74) is 0.179. The van der Waals surface area contributed by atoms with Gasteiger partial charge in [0.1, 0.15) is 17.9 Å². The lowest BCUT2D eigenvalue weighted by Gasteiger charge is -2.09. The topological polar surface area (TPSA) is 89.7 Å². The number of nitro benzene ring substituents is 1. The fraction of sp³-hybridized carbons (Fsp3) is 0.0714. The largest absolute Gasteiger partial charge is 0.488 e. The van der Waals surface area contributed by atoms with Gasteiger partial charge in [0, 0.05) is 11.1 Å². The number of carboxylic acid groups (broad SMARTS) is 1. The molecule has 0 aliphatic carbocycles. The second kappa shape index (κ2) is 6.23. The Kier molecular flexibility index (Phi) is 4.39. The highest BCUT2D eigenvalue weighted by atomic mass is 35.5. The first kappa shape index (κ1) is 14.8. The van der Waals surface area contributed by atoms with Crippen molar-refractivity contribution in [2.75, 3.05) is 0 Å². The van der Waals surface area contributed by atoms with Gasteiger partial charge >= 0.3 is 5.97 Å². The van der Waals surface area contributed by atoms with Crippen LogP contribution in [-0.4, -0.2) is 16.0 Å². The molecule has 2 rings (SSSR count). The molecule has 0 amide bonds. The Hall–Kier alpha value is -2.60. The van der Waals surface area contributed by atoms with Crippen molar-refractivity contribution >= 4 is 23.3 Å². The summed E-state index contributed by atoms with van der Waals surface area (Å²) in [7, 11) is 0. The predicted molar refractivity (Wildman–Crippen MR) is 75.8 cm³/mol. The van der Waals surface area contributed by atoms with Gasteiger partial charge in [0.2, 0.25) is 0 Å². The van der Waals surface area contributed by atoms with E-state index in [1.165, 1.54) is 24.3 Å². The van der Waals surface area contributed by atoms with Gasteiger partial charge in [-0.3, -0.25) is 10.1 Å². The van der Waals surface area contributed by atoms with Crippen LogP contribution in [0.1, 0.15) is 15.9 Å². The molecule has 2 aromatic carbocycles. The number of halogens is 1. The maximum absolute atomic E-state index is 11.1. The van der Waals surface area contributed by atoms with Gasteiger partial charge in [-0.2, -0.15) is 0 Å². The highest BCUT2D eigenvalue weighted by molar-refractivity contribution is 6.31. The van der Waals surface area contributed by atoms with Gasteiger partial charge in [-0.05, 0) is 24.3 Å². The third-order valence-corrected chi connectivity index (χ3v) is 2.98. The molecule has 1 N–H and O–H groups in total. The van der Waals surface area contributed by atoms with Crippen molar-refractivity contribution < 1.29 is 19.6 Å². The van der Waals surface area contributed by atoms with Crippen molar-refractivity contribution in [1.82, 2.24) is 0 Å². The summed E-state index contributed by atoms with van der Waals surface area (Å²) < 4.78 is 5.39. The number of nitro groups is 1. The highest BCUT2D eigenvalue weighted by Gasteiger charge is 2.16. The van der Waals surface area contributed by atoms with E-state index >= 15 is 0 Å². The summed E-state index contributed by atoms with van der Waals surface area (Å²) in [5, 5.41) is 20.2. The molecule has 0 radical (unpaired) electrons. The lowest BCUT2D eigenvalue weighted by Crippen LogP contribution is -2.05. The quantitative estimate of drug-likeness (QED) is 0.674. The first-order chi connectivity index (χ1) is 9.99. The molecule has 0 atom stereocenters. The Bertz CT molecular complexity index is 702. The molecule has 108 valence electrons. The molecule has 0 aliphatic heterocycles. The molecular weight excluding hydrogens is 298 g/mol. The first-order valence-electron chi connectivity index (χ1n) is 5.87. The zero-order valence-corrected chi connectivity index (χ0v) is 11.4. The predicted octanol–water partition coefficient (Wildman–Crippen LogP) is 3.53. The van der Waals surface area contributed by atoms with E-state index in [9.17, 15) is 14.9 Å². The van der Waals surface area contributed by atoms with Gasteiger partial charge in [0.25, 0.3) is 5.69 Å². The van der Waals surface area contributed by atoms with Crippen molar-refractivity contribution in [1.29, 1.82) is 0 Å². The minimum atomic E-state index is -1.19. The van der Waals surface area contributed by atoms with Crippen LogP contribution in [0.4, 0.5) is 5.69 Å². The molecular formula is C14H10ClNO5. The summed E-state index contributed by atoms with van der Waals surface area (Å²) in [6, 6.07) is 10.3. The van der Waals surface area contributed by atoms with Gasteiger partial charge in [0.15, 0.2) is 0 Å². The SMILES string of the molecule is O=C(O)c1cc(Cl)ccc1OCc1ccccc1[N+](=O)[O-]. The van der Waals surface area contributed by atoms with E-state index in [1.54, 1.807) is 18.2 Å². The molecule has 0 fully saturated rings. The van der Waals surface area contributed by atoms with Crippen LogP contribution in [0, 0.1) is 10.1 Å². The van der Waals surface area contributed by atoms with Crippen molar-refractivity contribution in [2.24, 2.45) is 0 Å². The number of ether oxygens (including phenoxy) is 1. The normalized spacial score (nSPS) is 10.1. The van der Waals surface area contributed by atoms with E-state index in [0.29, 0.717) is 5.56 Å². The summed E-state index contributed by atoms with van der Waals surface area (Å²) in [5.74, 6) is -1.08. The van der Waals surface area contributed by atoms with Crippen molar-refractivity contribution in [3.63, 3.8) is 0 Å². The molecule has 0 unspecified atom stereocenters. The lowest BCUT2D eigenvalue weighted by molar-refractivity contribution is -0.385. The summed E-state index contributed by atoms with van der Waals surface area (Å²) in [4.78, 5) is 21.5. The highest BCUT2D eigenvalue weighted by Crippen LogP contribution is 2.25. The molecule has 0 aromatic heterocycles. The van der Waals surface area contributed by atoms with Crippen LogP contribution in [0.5, 0.6) is 5.75 Å². The Morgan fingerprint density at radius 1 is 1.29 bits per heavy atom. The van der Waals surface area contributed by atoms with Gasteiger partial charge in [-0.1, -0.05) is 23.7 Å². The van der Waals surface area contributed by atoms with E-state index < -0.39 is 10.9 Å². The Labute approximate surface area is 124 Å². The van der Waals surface area contributed by atoms with Gasteiger partial charge in [-0.15, -0.1) is 0 Å². The van der Waals surface area contributed by atoms with Crippen LogP contribution in [0.3, 0.4) is 0 Å². The molecule has 0 saturated carbocycles. The Balaban J connectivity index is 2.25. The smallest absolute Gasteiger partial charge is 0.339 e. The molecule has 0 saturated heterocycles. The van der Waals surface area contributed by atoms with Crippen LogP contribution < -0.4 is 4.74 Å². The van der Waals surface area contributed by atoms with Gasteiger partial charge in [-0.25, -0.2) is 4.79 Å². The second-order valence-electron chi connectivity index (χ2n) is 4.12. The zero-order valence-electron chi connectivity index (χ0n) is 10.7. The first-order valence-corrected chi connectivity index (χ1v) is 6.25. The van der Waals surface area contributed by atoms with Crippen LogP contribution >= 0.6 is 11.6 Å². The van der Waals surface area contributed by atoms with Crippen molar-refractivity contribution in [3.8, 4) is 5.75 Å². The number of hydrogen-bond donors (Lipinski definition) is 1. The molecule has 6 nitrogen and oxygen atoms in total. The average molecular weight is 308 g/mol. The number of carboxylic acids is 1. The molecule has 21 heavy (non-hydrogen) atoms. The minimum absolute atomic E-state index is 0.0802. The van der Waals surface area contributed by atoms with Gasteiger partial charge in [0.05, 0.1) is 10.5 Å². The monoisotopic (exact) mass is 307 g/mol. The van der Waals surface area contributed by atoms with Crippen LogP contribution in [0.2, 0.25) is 5.02 Å². The van der Waals surface area contributed by atoms with E-state index in [-0.39, 0.29) is 28.6 Å². The Morgan fingerprint density at radius 3 is 2.67 bits per heavy atom. The summed E-state index contributed by atoms with van der Waals surface area (Å²) in [6.45, 7) is -0.112. The zero-order chi connectivity index (χ0) is 15.4. The van der Waals surface area contributed by atoms with Crippen LogP contribution in [0.15, 0.2) is 42.5 Å². The fourth-order valence-corrected chi connectivity index (χ4v) is 1.93. The summed E-state index contributed by atoms with van der Waals surface area (Å²) >= 11 is 5.74. The number of benzene rings is 2. The molecule has 0 spiro atoms. The number of para-hydroxylation sites is 1. The minimum Gasteiger partial charge on any atom is -0.488 e. The standard InChI is InChI=1S/C14H10ClNO5/c15-10-5-6-13(11(7-10)14(17)18)21-8-9-3-1-2-4-12(9)16(19)20/h1-7H,8H2,(H,17,18). The second-order valence-corrected chi connectivity index (χ2v) is 4.56. The number of aromatic carboxylic acids is 1. The molecule has 0 aliphatic rings. The Morgan fingerprint density at radius 2 is 2.00 bits per heavy atom. The lowest BCUT2D eigenvalue weighted by atomic mass is 10.2. The van der Waals surface area contributed by atoms with E-state index in [2.05, 4.69) is 0 Å². The van der Waals surface area contributed by atoms with Crippen molar-refractivity contribution in [3.05, 3.63) is 68.7 Å². The third kappa shape index (κ3) is 3.49. The number of hydrogen-bond acceptors (Lipinski definition) is 4. The molecule has 7 heteroatoms. The van der Waals surface area contributed by atoms with Crippen LogP contribution in [0.25, 0.3) is 0 Å². The molecule has 0 heterocycles. The van der Waals surface area contributed by atoms with E-state index in [4.69, 9.17) is 21.4 Å². The third-order valence-electron chi connectivity index (χ3n) is 2.74. The maximum atomic E-state index is 11.1. The van der Waals surface area contributed by atoms with Crippen molar-refractivity contribution in [2.45, 2.75) is 6.61 Å². The molecule has 2 aromatic rings. The van der Waals surface area contributed by atoms with Gasteiger partial charge < -0.3 is 9.84 Å². The summed E-state index contributed by atoms with van der Waals surface area (Å²) in [6.07, 6.45) is 0. The number of carbonyl (C=O) groups is 1. The number of nitrogens with zero attached hydrogens (tertiary/aromatic N) is 1. The average Bonchev–Trinajstić information content (AvgIpc) is 2.46.